The van der Waals surface area contributed by atoms with E-state index in [-0.39, 0.29) is 71.0 Å². The second-order valence-corrected chi connectivity index (χ2v) is 0. The monoisotopic (exact) mass is 211 g/mol. The minimum atomic E-state index is 0. The first kappa shape index (κ1) is 267. The van der Waals surface area contributed by atoms with Gasteiger partial charge in [0.2, 0.25) is 0 Å². The number of hydrogen-bond donors (Lipinski definition) is 0. The number of halogens is 3. The molecule has 0 amide bonds. The summed E-state index contributed by atoms with van der Waals surface area (Å²) in [5.41, 5.74) is 0. The van der Waals surface area contributed by atoms with Crippen molar-refractivity contribution in [3.05, 3.63) is 0 Å². The van der Waals surface area contributed by atoms with Crippen molar-refractivity contribution >= 4 is 0 Å². The molecule has 7 heteroatoms. The maximum atomic E-state index is 0. The summed E-state index contributed by atoms with van der Waals surface area (Å²) in [5.74, 6) is 0. The van der Waals surface area contributed by atoms with Gasteiger partial charge in [0.15, 0.2) is 0 Å². The van der Waals surface area contributed by atoms with Crippen LogP contribution in [0.4, 0.5) is 0 Å². The van der Waals surface area contributed by atoms with E-state index in [0.29, 0.717) is 0 Å². The summed E-state index contributed by atoms with van der Waals surface area (Å²) in [6.45, 7) is 0. The smallest absolute Gasteiger partial charge is 1.00 e. The minimum Gasteiger partial charge on any atom is -1.00 e. The number of rotatable bonds is 0. The van der Waals surface area contributed by atoms with Crippen molar-refractivity contribution in [3.8, 4) is 0 Å². The molecule has 0 atom stereocenters. The van der Waals surface area contributed by atoms with Crippen LogP contribution >= 0.6 is 0 Å². The van der Waals surface area contributed by atoms with Crippen LogP contribution in [0.5, 0.6) is 0 Å². The van der Waals surface area contributed by atoms with Crippen LogP contribution in [0, 0.1) is 0 Å². The molecule has 0 saturated heterocycles. The molecule has 3 nitrogen and oxygen atoms in total. The van der Waals surface area contributed by atoms with Gasteiger partial charge in [-0.05, 0) is 0 Å². The third-order valence-electron chi connectivity index (χ3n) is 0. The second-order valence-electron chi connectivity index (χ2n) is 0. The van der Waals surface area contributed by atoms with E-state index in [1.807, 2.05) is 0 Å². The first-order valence-electron chi connectivity index (χ1n) is 0. The zero-order valence-electron chi connectivity index (χ0n) is 3.04. The van der Waals surface area contributed by atoms with Crippen LogP contribution < -0.4 is 37.2 Å². The summed E-state index contributed by atoms with van der Waals surface area (Å²) in [6, 6.07) is 0. The SMILES string of the molecule is O.O.O.[Cl-].[Cl-].[Cl-].[Cr+3]. The normalized spacial score (nSPS) is 0. The second kappa shape index (κ2) is 175. The Balaban J connectivity index is 0. The van der Waals surface area contributed by atoms with Gasteiger partial charge in [-0.1, -0.05) is 0 Å². The molecule has 6 N–H and O–H groups in total. The maximum Gasteiger partial charge on any atom is 3.00 e. The van der Waals surface area contributed by atoms with Gasteiger partial charge in [0.25, 0.3) is 0 Å². The molecule has 0 aromatic carbocycles. The van der Waals surface area contributed by atoms with Crippen LogP contribution in [0.15, 0.2) is 0 Å². The molecule has 0 bridgehead atoms. The Labute approximate surface area is 71.1 Å². The van der Waals surface area contributed by atoms with Crippen molar-refractivity contribution in [1.29, 1.82) is 0 Å². The number of hydrogen-bond acceptors (Lipinski definition) is 0. The standard InChI is InChI=1S/3ClH.Cr.3H2O/h3*1H;;3*1H2/q;;;+3;;;/p-3. The molecule has 51 valence electrons. The fourth-order valence-electron chi connectivity index (χ4n) is 0. The molecular weight excluding hydrogens is 206 g/mol. The molecule has 0 heterocycles. The molecule has 0 rings (SSSR count). The largest absolute Gasteiger partial charge is 3.00 e. The van der Waals surface area contributed by atoms with Crippen LogP contribution in [0.1, 0.15) is 0 Å². The van der Waals surface area contributed by atoms with Gasteiger partial charge in [0.05, 0.1) is 0 Å². The van der Waals surface area contributed by atoms with Crippen molar-refractivity contribution in [2.24, 2.45) is 0 Å². The van der Waals surface area contributed by atoms with Crippen LogP contribution in [-0.4, -0.2) is 16.4 Å². The molecule has 0 aliphatic heterocycles. The van der Waals surface area contributed by atoms with Crippen LogP contribution in [0.25, 0.3) is 0 Å². The Kier molecular flexibility index (Phi) is 6670. The van der Waals surface area contributed by atoms with Gasteiger partial charge in [-0.25, -0.2) is 0 Å². The molecule has 0 saturated carbocycles. The quantitative estimate of drug-likeness (QED) is 0.381. The average Bonchev–Trinajstić information content (AvgIpc) is 0. The summed E-state index contributed by atoms with van der Waals surface area (Å²) < 4.78 is 0. The van der Waals surface area contributed by atoms with Gasteiger partial charge >= 0.3 is 17.4 Å². The third kappa shape index (κ3) is 124. The third-order valence-corrected chi connectivity index (χ3v) is 0. The zero-order chi connectivity index (χ0) is 0. The Morgan fingerprint density at radius 3 is 0.429 bits per heavy atom. The molecular formula is H6Cl3CrO3. The average molecular weight is 212 g/mol. The van der Waals surface area contributed by atoms with E-state index in [0.717, 1.165) is 0 Å². The predicted octanol–water partition coefficient (Wildman–Crippen LogP) is -11.5. The van der Waals surface area contributed by atoms with Crippen molar-refractivity contribution < 1.29 is 71.0 Å². The van der Waals surface area contributed by atoms with E-state index in [9.17, 15) is 0 Å². The van der Waals surface area contributed by atoms with Gasteiger partial charge in [-0.3, -0.25) is 0 Å². The first-order valence-corrected chi connectivity index (χ1v) is 0. The molecule has 0 aromatic rings. The molecule has 0 unspecified atom stereocenters. The molecule has 7 heavy (non-hydrogen) atoms. The van der Waals surface area contributed by atoms with Crippen LogP contribution in [0.2, 0.25) is 0 Å². The molecule has 0 spiro atoms. The fraction of sp³-hybridized carbons (Fsp3) is 0. The van der Waals surface area contributed by atoms with Crippen LogP contribution in [-0.2, 0) is 17.4 Å². The predicted molar refractivity (Wildman–Crippen MR) is 10.8 cm³/mol. The summed E-state index contributed by atoms with van der Waals surface area (Å²) >= 11 is 0. The molecule has 0 aliphatic carbocycles. The van der Waals surface area contributed by atoms with Gasteiger partial charge in [-0.15, -0.1) is 0 Å². The topological polar surface area (TPSA) is 94.5 Å². The molecule has 0 aliphatic rings. The van der Waals surface area contributed by atoms with Crippen LogP contribution in [0.3, 0.4) is 0 Å². The molecule has 1 radical (unpaired) electrons. The van der Waals surface area contributed by atoms with E-state index in [2.05, 4.69) is 0 Å². The Morgan fingerprint density at radius 1 is 0.429 bits per heavy atom. The Bertz CT molecular complexity index is 10.1. The van der Waals surface area contributed by atoms with Crippen molar-refractivity contribution in [1.82, 2.24) is 0 Å². The van der Waals surface area contributed by atoms with Gasteiger partial charge in [0.1, 0.15) is 0 Å². The summed E-state index contributed by atoms with van der Waals surface area (Å²) in [7, 11) is 0. The van der Waals surface area contributed by atoms with Crippen molar-refractivity contribution in [2.75, 3.05) is 0 Å². The van der Waals surface area contributed by atoms with E-state index >= 15 is 0 Å². The zero-order valence-corrected chi connectivity index (χ0v) is 6.58. The van der Waals surface area contributed by atoms with Gasteiger partial charge in [-0.2, -0.15) is 0 Å². The van der Waals surface area contributed by atoms with Crippen molar-refractivity contribution in [2.45, 2.75) is 0 Å². The first-order chi connectivity index (χ1) is 0. The molecule has 0 fully saturated rings. The van der Waals surface area contributed by atoms with E-state index in [1.165, 1.54) is 0 Å². The summed E-state index contributed by atoms with van der Waals surface area (Å²) in [4.78, 5) is 0. The Hall–Kier alpha value is 1.28. The summed E-state index contributed by atoms with van der Waals surface area (Å²) in [5, 5.41) is 0. The van der Waals surface area contributed by atoms with Crippen molar-refractivity contribution in [3.63, 3.8) is 0 Å². The minimum absolute atomic E-state index is 0. The fourth-order valence-corrected chi connectivity index (χ4v) is 0. The maximum absolute atomic E-state index is 0. The van der Waals surface area contributed by atoms with E-state index in [1.54, 1.807) is 0 Å². The van der Waals surface area contributed by atoms with E-state index in [4.69, 9.17) is 0 Å². The Morgan fingerprint density at radius 2 is 0.429 bits per heavy atom. The van der Waals surface area contributed by atoms with Gasteiger partial charge < -0.3 is 53.6 Å². The van der Waals surface area contributed by atoms with E-state index < -0.39 is 0 Å². The van der Waals surface area contributed by atoms with Gasteiger partial charge in [0, 0.05) is 0 Å². The summed E-state index contributed by atoms with van der Waals surface area (Å²) in [6.07, 6.45) is 0. The molecule has 0 aromatic heterocycles.